The molecule has 0 heterocycles. The minimum Gasteiger partial charge on any atom is -0.496 e. The van der Waals surface area contributed by atoms with Crippen molar-refractivity contribution >= 4 is 24.0 Å². The molecule has 0 bridgehead atoms. The van der Waals surface area contributed by atoms with E-state index in [1.807, 2.05) is 12.1 Å². The second-order valence-corrected chi connectivity index (χ2v) is 4.55. The first kappa shape index (κ1) is 14.6. The van der Waals surface area contributed by atoms with Crippen LogP contribution in [0.4, 0.5) is 0 Å². The van der Waals surface area contributed by atoms with Crippen LogP contribution in [0.1, 0.15) is 36.9 Å². The zero-order valence-corrected chi connectivity index (χ0v) is 11.8. The average Bonchev–Trinajstić information content (AvgIpc) is 2.30. The molecule has 0 saturated carbocycles. The highest BCUT2D eigenvalue weighted by Gasteiger charge is 2.24. The van der Waals surface area contributed by atoms with Crippen molar-refractivity contribution in [2.45, 2.75) is 32.2 Å². The summed E-state index contributed by atoms with van der Waals surface area (Å²) in [6.45, 7) is 3.10. The van der Waals surface area contributed by atoms with Gasteiger partial charge in [-0.15, -0.1) is 12.4 Å². The highest BCUT2D eigenvalue weighted by atomic mass is 35.5. The molecule has 1 aromatic rings. The van der Waals surface area contributed by atoms with Crippen molar-refractivity contribution in [1.29, 1.82) is 0 Å². The summed E-state index contributed by atoms with van der Waals surface area (Å²) in [6, 6.07) is 4.29. The van der Waals surface area contributed by atoms with Crippen molar-refractivity contribution in [1.82, 2.24) is 5.32 Å². The fraction of sp³-hybridized carbons (Fsp3) is 0.538. The third kappa shape index (κ3) is 2.87. The fourth-order valence-corrected chi connectivity index (χ4v) is 2.83. The van der Waals surface area contributed by atoms with Gasteiger partial charge in [-0.3, -0.25) is 0 Å². The Balaban J connectivity index is 0.00000144. The maximum absolute atomic E-state index is 6.31. The maximum Gasteiger partial charge on any atom is 0.122 e. The number of benzene rings is 1. The summed E-state index contributed by atoms with van der Waals surface area (Å²) >= 11 is 6.31. The van der Waals surface area contributed by atoms with Gasteiger partial charge >= 0.3 is 0 Å². The smallest absolute Gasteiger partial charge is 0.122 e. The van der Waals surface area contributed by atoms with Crippen LogP contribution >= 0.6 is 24.0 Å². The summed E-state index contributed by atoms with van der Waals surface area (Å²) < 4.78 is 5.41. The molecule has 17 heavy (non-hydrogen) atoms. The van der Waals surface area contributed by atoms with E-state index in [1.54, 1.807) is 7.11 Å². The van der Waals surface area contributed by atoms with E-state index in [0.717, 1.165) is 30.2 Å². The molecular weight excluding hydrogens is 257 g/mol. The Labute approximate surface area is 114 Å². The van der Waals surface area contributed by atoms with Gasteiger partial charge in [0.05, 0.1) is 7.11 Å². The number of hydrogen-bond acceptors (Lipinski definition) is 2. The first-order valence-electron chi connectivity index (χ1n) is 5.86. The van der Waals surface area contributed by atoms with Gasteiger partial charge in [0, 0.05) is 16.6 Å². The minimum absolute atomic E-state index is 0. The minimum atomic E-state index is 0. The normalized spacial score (nSPS) is 18.2. The quantitative estimate of drug-likeness (QED) is 0.907. The van der Waals surface area contributed by atoms with Crippen LogP contribution in [0.3, 0.4) is 0 Å². The Morgan fingerprint density at radius 3 is 2.88 bits per heavy atom. The Morgan fingerprint density at radius 1 is 1.47 bits per heavy atom. The molecule has 96 valence electrons. The van der Waals surface area contributed by atoms with Crippen LogP contribution in [0.2, 0.25) is 5.02 Å². The first-order valence-corrected chi connectivity index (χ1v) is 6.24. The number of halogens is 2. The molecular formula is C13H19Cl2NO. The number of fused-ring (bicyclic) bond motifs is 1. The van der Waals surface area contributed by atoms with Gasteiger partial charge < -0.3 is 10.1 Å². The van der Waals surface area contributed by atoms with Gasteiger partial charge in [0.15, 0.2) is 0 Å². The fourth-order valence-electron chi connectivity index (χ4n) is 2.52. The molecule has 0 unspecified atom stereocenters. The molecule has 0 aromatic heterocycles. The van der Waals surface area contributed by atoms with Gasteiger partial charge in [0.25, 0.3) is 0 Å². The van der Waals surface area contributed by atoms with E-state index in [-0.39, 0.29) is 12.4 Å². The molecule has 1 aromatic carbocycles. The maximum atomic E-state index is 6.31. The highest BCUT2D eigenvalue weighted by Crippen LogP contribution is 2.39. The summed E-state index contributed by atoms with van der Waals surface area (Å²) in [4.78, 5) is 0. The van der Waals surface area contributed by atoms with Gasteiger partial charge in [0.2, 0.25) is 0 Å². The van der Waals surface area contributed by atoms with Crippen LogP contribution in [0.5, 0.6) is 5.75 Å². The molecule has 0 radical (unpaired) electrons. The van der Waals surface area contributed by atoms with Gasteiger partial charge in [0.1, 0.15) is 5.75 Å². The summed E-state index contributed by atoms with van der Waals surface area (Å²) in [6.07, 6.45) is 3.43. The van der Waals surface area contributed by atoms with Crippen LogP contribution in [0.25, 0.3) is 0 Å². The topological polar surface area (TPSA) is 21.3 Å². The second-order valence-electron chi connectivity index (χ2n) is 4.14. The SMILES string of the molecule is CCN[C@H]1CCCc2c(OC)ccc(Cl)c21.Cl. The standard InChI is InChI=1S/C13H18ClNO.ClH/c1-3-15-11-6-4-5-9-12(16-2)8-7-10(14)13(9)11;/h7-8,11,15H,3-6H2,1-2H3;1H/t11-;/m0./s1. The molecule has 2 rings (SSSR count). The van der Waals surface area contributed by atoms with E-state index in [4.69, 9.17) is 16.3 Å². The van der Waals surface area contributed by atoms with Gasteiger partial charge in [-0.05, 0) is 43.5 Å². The molecule has 0 spiro atoms. The van der Waals surface area contributed by atoms with E-state index in [9.17, 15) is 0 Å². The summed E-state index contributed by atoms with van der Waals surface area (Å²) in [5.74, 6) is 0.974. The number of rotatable bonds is 3. The molecule has 1 atom stereocenters. The molecule has 1 N–H and O–H groups in total. The van der Waals surface area contributed by atoms with E-state index < -0.39 is 0 Å². The van der Waals surface area contributed by atoms with Crippen LogP contribution in [-0.2, 0) is 6.42 Å². The van der Waals surface area contributed by atoms with Crippen LogP contribution in [-0.4, -0.2) is 13.7 Å². The van der Waals surface area contributed by atoms with Crippen LogP contribution in [0.15, 0.2) is 12.1 Å². The Kier molecular flexibility index (Phi) is 5.57. The predicted molar refractivity (Wildman–Crippen MR) is 74.6 cm³/mol. The Hall–Kier alpha value is -0.440. The highest BCUT2D eigenvalue weighted by molar-refractivity contribution is 6.31. The van der Waals surface area contributed by atoms with E-state index in [2.05, 4.69) is 12.2 Å². The monoisotopic (exact) mass is 275 g/mol. The molecule has 1 aliphatic carbocycles. The number of methoxy groups -OCH3 is 1. The summed E-state index contributed by atoms with van der Waals surface area (Å²) in [7, 11) is 1.72. The molecule has 1 aliphatic rings. The number of nitrogens with one attached hydrogen (secondary N) is 1. The lowest BCUT2D eigenvalue weighted by molar-refractivity contribution is 0.397. The lowest BCUT2D eigenvalue weighted by atomic mass is 9.87. The largest absolute Gasteiger partial charge is 0.496 e. The van der Waals surface area contributed by atoms with Crippen LogP contribution in [0, 0.1) is 0 Å². The van der Waals surface area contributed by atoms with Crippen molar-refractivity contribution in [3.05, 3.63) is 28.3 Å². The van der Waals surface area contributed by atoms with Crippen molar-refractivity contribution in [3.8, 4) is 5.75 Å². The Bertz CT molecular complexity index is 382. The zero-order chi connectivity index (χ0) is 11.5. The van der Waals surface area contributed by atoms with Gasteiger partial charge in [-0.25, -0.2) is 0 Å². The lowest BCUT2D eigenvalue weighted by Crippen LogP contribution is -2.25. The van der Waals surface area contributed by atoms with Gasteiger partial charge in [-0.1, -0.05) is 18.5 Å². The summed E-state index contributed by atoms with van der Waals surface area (Å²) in [5, 5.41) is 4.36. The lowest BCUT2D eigenvalue weighted by Gasteiger charge is -2.28. The van der Waals surface area contributed by atoms with Crippen molar-refractivity contribution in [2.24, 2.45) is 0 Å². The average molecular weight is 276 g/mol. The summed E-state index contributed by atoms with van der Waals surface area (Å²) in [5.41, 5.74) is 2.53. The molecule has 0 aliphatic heterocycles. The van der Waals surface area contributed by atoms with E-state index in [1.165, 1.54) is 17.5 Å². The zero-order valence-electron chi connectivity index (χ0n) is 10.3. The Morgan fingerprint density at radius 2 is 2.24 bits per heavy atom. The molecule has 4 heteroatoms. The predicted octanol–water partition coefficient (Wildman–Crippen LogP) is 3.76. The van der Waals surface area contributed by atoms with Gasteiger partial charge in [-0.2, -0.15) is 0 Å². The number of ether oxygens (including phenoxy) is 1. The first-order chi connectivity index (χ1) is 7.77. The van der Waals surface area contributed by atoms with Crippen molar-refractivity contribution < 1.29 is 4.74 Å². The number of hydrogen-bond donors (Lipinski definition) is 1. The molecule has 0 saturated heterocycles. The molecule has 0 fully saturated rings. The van der Waals surface area contributed by atoms with E-state index in [0.29, 0.717) is 6.04 Å². The van der Waals surface area contributed by atoms with E-state index >= 15 is 0 Å². The third-order valence-electron chi connectivity index (χ3n) is 3.20. The molecule has 2 nitrogen and oxygen atoms in total. The van der Waals surface area contributed by atoms with Crippen LogP contribution < -0.4 is 10.1 Å². The van der Waals surface area contributed by atoms with Crippen molar-refractivity contribution in [2.75, 3.05) is 13.7 Å². The second kappa shape index (κ2) is 6.48. The third-order valence-corrected chi connectivity index (χ3v) is 3.53. The molecule has 0 amide bonds. The van der Waals surface area contributed by atoms with Crippen molar-refractivity contribution in [3.63, 3.8) is 0 Å².